The van der Waals surface area contributed by atoms with Crippen molar-refractivity contribution in [2.45, 2.75) is 32.5 Å². The van der Waals surface area contributed by atoms with Crippen molar-refractivity contribution in [3.05, 3.63) is 35.4 Å². The highest BCUT2D eigenvalue weighted by atomic mass is 19.4. The number of rotatable bonds is 5. The minimum Gasteiger partial charge on any atom is -0.436 e. The summed E-state index contributed by atoms with van der Waals surface area (Å²) in [5, 5.41) is 2.36. The van der Waals surface area contributed by atoms with Crippen LogP contribution in [0.1, 0.15) is 31.9 Å². The number of hydrogen-bond donors (Lipinski definition) is 2. The third-order valence-electron chi connectivity index (χ3n) is 3.58. The predicted octanol–water partition coefficient (Wildman–Crippen LogP) is 2.79. The van der Waals surface area contributed by atoms with Crippen LogP contribution in [0.4, 0.5) is 18.0 Å². The maximum atomic E-state index is 13.0. The Kier molecular flexibility index (Phi) is 5.29. The van der Waals surface area contributed by atoms with Gasteiger partial charge in [0, 0.05) is 5.41 Å². The highest BCUT2D eigenvalue weighted by Crippen LogP contribution is 2.43. The Labute approximate surface area is 132 Å². The smallest absolute Gasteiger partial charge is 0.416 e. The summed E-state index contributed by atoms with van der Waals surface area (Å²) in [7, 11) is 0. The predicted molar refractivity (Wildman–Crippen MR) is 77.3 cm³/mol. The molecule has 0 aliphatic heterocycles. The molecule has 5 nitrogen and oxygen atoms in total. The molecule has 0 saturated carbocycles. The van der Waals surface area contributed by atoms with Gasteiger partial charge < -0.3 is 15.8 Å². The zero-order chi connectivity index (χ0) is 17.9. The van der Waals surface area contributed by atoms with Gasteiger partial charge in [-0.1, -0.05) is 32.9 Å². The van der Waals surface area contributed by atoms with Crippen LogP contribution in [-0.4, -0.2) is 19.0 Å². The number of nitrogens with one attached hydrogen (secondary N) is 1. The number of ether oxygens (including phenoxy) is 1. The molecule has 1 atom stereocenters. The Hall–Kier alpha value is -2.25. The molecule has 0 heterocycles. The van der Waals surface area contributed by atoms with Crippen LogP contribution < -0.4 is 11.1 Å². The van der Waals surface area contributed by atoms with Crippen LogP contribution >= 0.6 is 0 Å². The molecule has 1 aromatic rings. The van der Waals surface area contributed by atoms with Crippen molar-refractivity contribution < 1.29 is 27.5 Å². The number of nitrogens with two attached hydrogens (primary N) is 1. The summed E-state index contributed by atoms with van der Waals surface area (Å²) in [5.74, 6) is 0. The third-order valence-corrected chi connectivity index (χ3v) is 3.58. The molecule has 128 valence electrons. The lowest BCUT2D eigenvalue weighted by molar-refractivity contribution is -0.138. The lowest BCUT2D eigenvalue weighted by Crippen LogP contribution is -2.52. The fraction of sp³-hybridized carbons (Fsp3) is 0.467. The Morgan fingerprint density at radius 3 is 2.26 bits per heavy atom. The molecule has 0 radical (unpaired) electrons. The van der Waals surface area contributed by atoms with Crippen molar-refractivity contribution in [1.82, 2.24) is 5.32 Å². The average molecular weight is 332 g/mol. The summed E-state index contributed by atoms with van der Waals surface area (Å²) >= 11 is 0. The summed E-state index contributed by atoms with van der Waals surface area (Å²) in [5.41, 5.74) is 1.91. The largest absolute Gasteiger partial charge is 0.436 e. The summed E-state index contributed by atoms with van der Waals surface area (Å²) in [6, 6.07) is 4.41. The van der Waals surface area contributed by atoms with E-state index in [1.165, 1.54) is 12.1 Å². The van der Waals surface area contributed by atoms with E-state index in [0.29, 0.717) is 6.41 Å². The number of hydrogen-bond acceptors (Lipinski definition) is 3. The van der Waals surface area contributed by atoms with Gasteiger partial charge in [0.25, 0.3) is 0 Å². The van der Waals surface area contributed by atoms with Crippen LogP contribution in [0.2, 0.25) is 0 Å². The first-order valence-corrected chi connectivity index (χ1v) is 6.77. The third kappa shape index (κ3) is 4.14. The molecule has 0 aromatic heterocycles. The standard InChI is InChI=1S/C15H19F3N2O3/c1-13(2,3)14(8-20-9-21,23-12(19)22)10-5-4-6-11(7-10)15(16,17)18/h4-7,9H,8H2,1-3H3,(H2,19,22)(H,20,21). The molecule has 0 fully saturated rings. The molecular formula is C15H19F3N2O3. The summed E-state index contributed by atoms with van der Waals surface area (Å²) in [4.78, 5) is 22.0. The first kappa shape index (κ1) is 18.8. The van der Waals surface area contributed by atoms with Crippen molar-refractivity contribution in [2.75, 3.05) is 6.54 Å². The highest BCUT2D eigenvalue weighted by Gasteiger charge is 2.48. The second-order valence-corrected chi connectivity index (χ2v) is 6.08. The van der Waals surface area contributed by atoms with Crippen LogP contribution in [-0.2, 0) is 21.3 Å². The Balaban J connectivity index is 3.55. The van der Waals surface area contributed by atoms with E-state index in [1.54, 1.807) is 20.8 Å². The SMILES string of the molecule is CC(C)(C)C(CNC=O)(OC(N)=O)c1cccc(C(F)(F)F)c1. The molecule has 0 aliphatic rings. The molecule has 0 spiro atoms. The van der Waals surface area contributed by atoms with Gasteiger partial charge in [0.1, 0.15) is 0 Å². The van der Waals surface area contributed by atoms with Crippen molar-refractivity contribution in [3.63, 3.8) is 0 Å². The van der Waals surface area contributed by atoms with Gasteiger partial charge in [-0.15, -0.1) is 0 Å². The van der Waals surface area contributed by atoms with Crippen molar-refractivity contribution in [3.8, 4) is 0 Å². The molecule has 1 unspecified atom stereocenters. The number of carbonyl (C=O) groups is 2. The lowest BCUT2D eigenvalue weighted by Gasteiger charge is -2.43. The molecule has 1 rings (SSSR count). The molecule has 0 saturated heterocycles. The van der Waals surface area contributed by atoms with Crippen molar-refractivity contribution in [1.29, 1.82) is 0 Å². The number of primary amides is 1. The molecule has 8 heteroatoms. The number of carbonyl (C=O) groups excluding carboxylic acids is 2. The van der Waals surface area contributed by atoms with E-state index in [-0.39, 0.29) is 12.1 Å². The number of halogens is 3. The zero-order valence-electron chi connectivity index (χ0n) is 13.0. The van der Waals surface area contributed by atoms with Gasteiger partial charge in [0.2, 0.25) is 6.41 Å². The molecule has 2 amide bonds. The van der Waals surface area contributed by atoms with Crippen molar-refractivity contribution in [2.24, 2.45) is 11.1 Å². The van der Waals surface area contributed by atoms with Crippen LogP contribution in [0.25, 0.3) is 0 Å². The Morgan fingerprint density at radius 2 is 1.83 bits per heavy atom. The summed E-state index contributed by atoms with van der Waals surface area (Å²) in [6.07, 6.45) is -5.33. The minimum atomic E-state index is -4.55. The van der Waals surface area contributed by atoms with Gasteiger partial charge in [-0.2, -0.15) is 13.2 Å². The molecule has 0 bridgehead atoms. The molecule has 3 N–H and O–H groups in total. The van der Waals surface area contributed by atoms with E-state index >= 15 is 0 Å². The van der Waals surface area contributed by atoms with E-state index in [4.69, 9.17) is 10.5 Å². The van der Waals surface area contributed by atoms with Crippen LogP contribution in [0.5, 0.6) is 0 Å². The van der Waals surface area contributed by atoms with Crippen molar-refractivity contribution >= 4 is 12.5 Å². The maximum Gasteiger partial charge on any atom is 0.416 e. The number of alkyl halides is 3. The van der Waals surface area contributed by atoms with E-state index in [0.717, 1.165) is 12.1 Å². The van der Waals surface area contributed by atoms with Gasteiger partial charge in [0.05, 0.1) is 12.1 Å². The summed E-state index contributed by atoms with van der Waals surface area (Å²) < 4.78 is 44.1. The minimum absolute atomic E-state index is 0.0907. The Morgan fingerprint density at radius 1 is 1.26 bits per heavy atom. The highest BCUT2D eigenvalue weighted by molar-refractivity contribution is 5.66. The zero-order valence-corrected chi connectivity index (χ0v) is 13.0. The first-order valence-electron chi connectivity index (χ1n) is 6.77. The monoisotopic (exact) mass is 332 g/mol. The summed E-state index contributed by atoms with van der Waals surface area (Å²) in [6.45, 7) is 4.79. The topological polar surface area (TPSA) is 81.4 Å². The second-order valence-electron chi connectivity index (χ2n) is 6.08. The molecule has 1 aromatic carbocycles. The lowest BCUT2D eigenvalue weighted by atomic mass is 9.71. The van der Waals surface area contributed by atoms with Gasteiger partial charge >= 0.3 is 12.3 Å². The number of benzene rings is 1. The van der Waals surface area contributed by atoms with Gasteiger partial charge in [-0.25, -0.2) is 4.79 Å². The van der Waals surface area contributed by atoms with E-state index in [1.807, 2.05) is 0 Å². The van der Waals surface area contributed by atoms with E-state index < -0.39 is 28.8 Å². The number of amides is 2. The van der Waals surface area contributed by atoms with E-state index in [2.05, 4.69) is 5.32 Å². The normalized spacial score (nSPS) is 14.7. The fourth-order valence-electron chi connectivity index (χ4n) is 2.35. The van der Waals surface area contributed by atoms with Crippen LogP contribution in [0.3, 0.4) is 0 Å². The molecule has 23 heavy (non-hydrogen) atoms. The Bertz CT molecular complexity index is 582. The van der Waals surface area contributed by atoms with Crippen LogP contribution in [0.15, 0.2) is 24.3 Å². The quantitative estimate of drug-likeness (QED) is 0.814. The molecule has 0 aliphatic carbocycles. The molecular weight excluding hydrogens is 313 g/mol. The maximum absolute atomic E-state index is 13.0. The van der Waals surface area contributed by atoms with Gasteiger partial charge in [-0.05, 0) is 17.7 Å². The van der Waals surface area contributed by atoms with Gasteiger partial charge in [-0.3, -0.25) is 4.79 Å². The average Bonchev–Trinajstić information content (AvgIpc) is 2.41. The first-order chi connectivity index (χ1) is 10.4. The fourth-order valence-corrected chi connectivity index (χ4v) is 2.35. The second kappa shape index (κ2) is 6.47. The van der Waals surface area contributed by atoms with E-state index in [9.17, 15) is 22.8 Å². The van der Waals surface area contributed by atoms with Gasteiger partial charge in [0.15, 0.2) is 5.60 Å². The van der Waals surface area contributed by atoms with Crippen LogP contribution in [0, 0.1) is 5.41 Å².